The Morgan fingerprint density at radius 3 is 2.80 bits per heavy atom. The lowest BCUT2D eigenvalue weighted by Gasteiger charge is -2.32. The molecule has 0 spiro atoms. The second-order valence-electron chi connectivity index (χ2n) is 6.35. The number of hydrogen-bond acceptors (Lipinski definition) is 5. The Labute approximate surface area is 126 Å². The Hall–Kier alpha value is -0.490. The second kappa shape index (κ2) is 6.52. The van der Waals surface area contributed by atoms with Crippen molar-refractivity contribution >= 4 is 11.3 Å². The number of ether oxygens (including phenoxy) is 1. The van der Waals surface area contributed by atoms with Gasteiger partial charge in [0.05, 0.1) is 18.8 Å². The van der Waals surface area contributed by atoms with Crippen LogP contribution in [0.15, 0.2) is 0 Å². The molecule has 0 radical (unpaired) electrons. The lowest BCUT2D eigenvalue weighted by molar-refractivity contribution is 0.151. The summed E-state index contributed by atoms with van der Waals surface area (Å²) in [5, 5.41) is 1.17. The molecule has 1 saturated heterocycles. The van der Waals surface area contributed by atoms with Crippen molar-refractivity contribution in [2.75, 3.05) is 13.7 Å². The Morgan fingerprint density at radius 2 is 2.20 bits per heavy atom. The first-order valence-electron chi connectivity index (χ1n) is 7.42. The monoisotopic (exact) mass is 297 g/mol. The van der Waals surface area contributed by atoms with Crippen LogP contribution < -0.4 is 5.73 Å². The minimum absolute atomic E-state index is 0.350. The first-order valence-corrected chi connectivity index (χ1v) is 8.24. The zero-order valence-electron chi connectivity index (χ0n) is 13.1. The first-order chi connectivity index (χ1) is 9.41. The van der Waals surface area contributed by atoms with E-state index in [1.165, 1.54) is 30.8 Å². The molecule has 1 unspecified atom stereocenters. The van der Waals surface area contributed by atoms with Gasteiger partial charge < -0.3 is 10.5 Å². The molecule has 0 aliphatic carbocycles. The molecule has 114 valence electrons. The average Bonchev–Trinajstić information content (AvgIpc) is 2.76. The highest BCUT2D eigenvalue weighted by Crippen LogP contribution is 2.30. The molecule has 20 heavy (non-hydrogen) atoms. The van der Waals surface area contributed by atoms with Gasteiger partial charge in [-0.3, -0.25) is 4.90 Å². The van der Waals surface area contributed by atoms with E-state index in [0.717, 1.165) is 17.1 Å². The lowest BCUT2D eigenvalue weighted by Crippen LogP contribution is -2.36. The van der Waals surface area contributed by atoms with Crippen LogP contribution in [0.3, 0.4) is 0 Å². The van der Waals surface area contributed by atoms with Gasteiger partial charge in [-0.1, -0.05) is 6.42 Å². The normalized spacial score (nSPS) is 21.4. The lowest BCUT2D eigenvalue weighted by atomic mass is 10.0. The Balaban J connectivity index is 2.15. The molecule has 0 aromatic carbocycles. The quantitative estimate of drug-likeness (QED) is 0.908. The van der Waals surface area contributed by atoms with Crippen molar-refractivity contribution in [1.29, 1.82) is 0 Å². The number of likely N-dealkylation sites (tertiary alicyclic amines) is 1. The smallest absolute Gasteiger partial charge is 0.107 e. The third-order valence-electron chi connectivity index (χ3n) is 3.89. The molecule has 1 aromatic heterocycles. The van der Waals surface area contributed by atoms with Crippen LogP contribution in [-0.4, -0.2) is 29.6 Å². The molecule has 2 rings (SSSR count). The molecule has 4 nitrogen and oxygen atoms in total. The third-order valence-corrected chi connectivity index (χ3v) is 5.31. The zero-order valence-corrected chi connectivity index (χ0v) is 13.9. The van der Waals surface area contributed by atoms with Gasteiger partial charge in [0.1, 0.15) is 5.01 Å². The molecular weight excluding hydrogens is 270 g/mol. The van der Waals surface area contributed by atoms with Crippen LogP contribution >= 0.6 is 11.3 Å². The zero-order chi connectivity index (χ0) is 14.8. The minimum atomic E-state index is -0.350. The van der Waals surface area contributed by atoms with Crippen molar-refractivity contribution in [2.24, 2.45) is 5.73 Å². The van der Waals surface area contributed by atoms with Crippen molar-refractivity contribution in [1.82, 2.24) is 9.88 Å². The van der Waals surface area contributed by atoms with E-state index in [-0.39, 0.29) is 5.54 Å². The highest BCUT2D eigenvalue weighted by Gasteiger charge is 2.25. The van der Waals surface area contributed by atoms with E-state index >= 15 is 0 Å². The van der Waals surface area contributed by atoms with Crippen LogP contribution in [-0.2, 0) is 23.4 Å². The van der Waals surface area contributed by atoms with Crippen molar-refractivity contribution in [3.63, 3.8) is 0 Å². The summed E-state index contributed by atoms with van der Waals surface area (Å²) < 4.78 is 5.26. The predicted molar refractivity (Wildman–Crippen MR) is 83.8 cm³/mol. The van der Waals surface area contributed by atoms with E-state index < -0.39 is 0 Å². The number of nitrogens with two attached hydrogens (primary N) is 1. The highest BCUT2D eigenvalue weighted by molar-refractivity contribution is 7.11. The largest absolute Gasteiger partial charge is 0.378 e. The van der Waals surface area contributed by atoms with Gasteiger partial charge in [-0.25, -0.2) is 4.98 Å². The molecule has 2 heterocycles. The van der Waals surface area contributed by atoms with Crippen molar-refractivity contribution in [3.8, 4) is 0 Å². The molecule has 5 heteroatoms. The first kappa shape index (κ1) is 15.9. The van der Waals surface area contributed by atoms with Gasteiger partial charge in [-0.15, -0.1) is 11.3 Å². The summed E-state index contributed by atoms with van der Waals surface area (Å²) in [4.78, 5) is 8.45. The van der Waals surface area contributed by atoms with Gasteiger partial charge in [0.25, 0.3) is 0 Å². The highest BCUT2D eigenvalue weighted by atomic mass is 32.1. The number of methoxy groups -OCH3 is 1. The minimum Gasteiger partial charge on any atom is -0.378 e. The summed E-state index contributed by atoms with van der Waals surface area (Å²) in [6, 6.07) is 0.660. The van der Waals surface area contributed by atoms with E-state index in [2.05, 4.69) is 11.8 Å². The summed E-state index contributed by atoms with van der Waals surface area (Å²) in [6.07, 6.45) is 3.95. The van der Waals surface area contributed by atoms with Crippen LogP contribution in [0.4, 0.5) is 0 Å². The molecule has 1 atom stereocenters. The standard InChI is InChI=1S/C15H27N3OS/c1-11-7-5-6-8-18(11)9-13-17-12(10-19-4)14(20-13)15(2,3)16/h11H,5-10,16H2,1-4H3. The number of nitrogens with zero attached hydrogens (tertiary/aromatic N) is 2. The SMILES string of the molecule is COCc1nc(CN2CCCCC2C)sc1C(C)(C)N. The number of piperidine rings is 1. The summed E-state index contributed by atoms with van der Waals surface area (Å²) >= 11 is 1.74. The topological polar surface area (TPSA) is 51.4 Å². The molecule has 1 aromatic rings. The summed E-state index contributed by atoms with van der Waals surface area (Å²) in [5.74, 6) is 0. The Morgan fingerprint density at radius 1 is 1.45 bits per heavy atom. The molecule has 0 amide bonds. The maximum Gasteiger partial charge on any atom is 0.107 e. The molecule has 0 bridgehead atoms. The van der Waals surface area contributed by atoms with Crippen LogP contribution in [0.25, 0.3) is 0 Å². The van der Waals surface area contributed by atoms with Crippen molar-refractivity contribution < 1.29 is 4.74 Å². The van der Waals surface area contributed by atoms with Crippen LogP contribution in [0, 0.1) is 0 Å². The average molecular weight is 297 g/mol. The van der Waals surface area contributed by atoms with Gasteiger partial charge in [0.2, 0.25) is 0 Å². The number of thiazole rings is 1. The van der Waals surface area contributed by atoms with E-state index in [0.29, 0.717) is 12.6 Å². The van der Waals surface area contributed by atoms with E-state index in [1.54, 1.807) is 18.4 Å². The van der Waals surface area contributed by atoms with Gasteiger partial charge >= 0.3 is 0 Å². The molecule has 2 N–H and O–H groups in total. The van der Waals surface area contributed by atoms with Gasteiger partial charge in [-0.2, -0.15) is 0 Å². The molecule has 1 aliphatic heterocycles. The maximum absolute atomic E-state index is 6.26. The maximum atomic E-state index is 6.26. The Bertz CT molecular complexity index is 439. The number of rotatable bonds is 5. The molecular formula is C15H27N3OS. The van der Waals surface area contributed by atoms with E-state index in [4.69, 9.17) is 15.5 Å². The van der Waals surface area contributed by atoms with Gasteiger partial charge in [-0.05, 0) is 40.2 Å². The van der Waals surface area contributed by atoms with Crippen LogP contribution in [0.5, 0.6) is 0 Å². The van der Waals surface area contributed by atoms with Crippen LogP contribution in [0.1, 0.15) is 55.6 Å². The van der Waals surface area contributed by atoms with Crippen molar-refractivity contribution in [3.05, 3.63) is 15.6 Å². The fraction of sp³-hybridized carbons (Fsp3) is 0.800. The number of hydrogen-bond donors (Lipinski definition) is 1. The Kier molecular flexibility index (Phi) is 5.18. The van der Waals surface area contributed by atoms with Crippen LogP contribution in [0.2, 0.25) is 0 Å². The molecule has 0 saturated carbocycles. The summed E-state index contributed by atoms with van der Waals surface area (Å²) in [5.41, 5.74) is 6.92. The van der Waals surface area contributed by atoms with E-state index in [9.17, 15) is 0 Å². The number of aromatic nitrogens is 1. The predicted octanol–water partition coefficient (Wildman–Crippen LogP) is 2.86. The summed E-state index contributed by atoms with van der Waals surface area (Å²) in [6.45, 7) is 9.05. The molecule has 1 aliphatic rings. The second-order valence-corrected chi connectivity index (χ2v) is 7.44. The van der Waals surface area contributed by atoms with Gasteiger partial charge in [0, 0.05) is 23.6 Å². The summed E-state index contributed by atoms with van der Waals surface area (Å²) in [7, 11) is 1.71. The van der Waals surface area contributed by atoms with Crippen molar-refractivity contribution in [2.45, 2.75) is 64.8 Å². The third kappa shape index (κ3) is 3.79. The van der Waals surface area contributed by atoms with E-state index in [1.807, 2.05) is 13.8 Å². The van der Waals surface area contributed by atoms with Gasteiger partial charge in [0.15, 0.2) is 0 Å². The fourth-order valence-corrected chi connectivity index (χ4v) is 3.88. The fourth-order valence-electron chi connectivity index (χ4n) is 2.77. The molecule has 1 fully saturated rings.